The van der Waals surface area contributed by atoms with E-state index < -0.39 is 24.3 Å². The van der Waals surface area contributed by atoms with E-state index in [4.69, 9.17) is 19.4 Å². The maximum absolute atomic E-state index is 13.8. The van der Waals surface area contributed by atoms with Crippen LogP contribution in [0.15, 0.2) is 97.3 Å². The van der Waals surface area contributed by atoms with Gasteiger partial charge in [0.1, 0.15) is 23.7 Å². The van der Waals surface area contributed by atoms with Crippen molar-refractivity contribution in [2.24, 2.45) is 11.8 Å². The largest absolute Gasteiger partial charge is 0.453 e. The maximum atomic E-state index is 13.8. The second-order valence-corrected chi connectivity index (χ2v) is 20.1. The van der Waals surface area contributed by atoms with Crippen molar-refractivity contribution in [3.05, 3.63) is 131 Å². The van der Waals surface area contributed by atoms with Gasteiger partial charge in [-0.1, -0.05) is 120 Å². The van der Waals surface area contributed by atoms with Crippen molar-refractivity contribution in [3.63, 3.8) is 0 Å². The van der Waals surface area contributed by atoms with Crippen LogP contribution < -0.4 is 10.6 Å². The van der Waals surface area contributed by atoms with Crippen LogP contribution >= 0.6 is 0 Å². The third kappa shape index (κ3) is 10.3. The zero-order chi connectivity index (χ0) is 49.9. The number of alkyl carbamates (subject to hydrolysis) is 2. The first-order chi connectivity index (χ1) is 34.3. The lowest BCUT2D eigenvalue weighted by molar-refractivity contribution is -0.136. The summed E-state index contributed by atoms with van der Waals surface area (Å²) in [6.07, 6.45) is 8.36. The van der Waals surface area contributed by atoms with Gasteiger partial charge in [0.25, 0.3) is 0 Å². The van der Waals surface area contributed by atoms with Gasteiger partial charge in [0.2, 0.25) is 11.8 Å². The molecule has 0 unspecified atom stereocenters. The van der Waals surface area contributed by atoms with Crippen molar-refractivity contribution in [2.45, 2.75) is 110 Å². The number of ether oxygens (including phenoxy) is 2. The number of methoxy groups -OCH3 is 2. The zero-order valence-electron chi connectivity index (χ0n) is 41.9. The molecule has 2 aromatic heterocycles. The number of aromatic nitrogens is 4. The molecule has 5 atom stereocenters. The average molecular weight is 959 g/mol. The molecule has 0 spiro atoms. The van der Waals surface area contributed by atoms with Crippen molar-refractivity contribution in [2.75, 3.05) is 27.3 Å². The molecule has 0 radical (unpaired) electrons. The summed E-state index contributed by atoms with van der Waals surface area (Å²) in [4.78, 5) is 72.1. The van der Waals surface area contributed by atoms with E-state index in [0.717, 1.165) is 90.2 Å². The molecule has 14 heteroatoms. The molecule has 4 aromatic carbocycles. The van der Waals surface area contributed by atoms with Gasteiger partial charge in [-0.2, -0.15) is 0 Å². The summed E-state index contributed by atoms with van der Waals surface area (Å²) in [7, 11) is 2.60. The Hall–Kier alpha value is -7.22. The van der Waals surface area contributed by atoms with Gasteiger partial charge in [0, 0.05) is 13.1 Å². The summed E-state index contributed by atoms with van der Waals surface area (Å²) in [5.74, 6) is 1.27. The number of aryl methyl sites for hydroxylation is 2. The Morgan fingerprint density at radius 1 is 0.606 bits per heavy atom. The Labute approximate surface area is 416 Å². The number of hydrogen-bond donors (Lipinski definition) is 4. The number of likely N-dealkylation sites (tertiary alicyclic amines) is 2. The van der Waals surface area contributed by atoms with Gasteiger partial charge in [-0.25, -0.2) is 19.6 Å². The van der Waals surface area contributed by atoms with Gasteiger partial charge in [-0.3, -0.25) is 9.59 Å². The fourth-order valence-corrected chi connectivity index (χ4v) is 10.7. The van der Waals surface area contributed by atoms with Crippen molar-refractivity contribution >= 4 is 24.0 Å². The van der Waals surface area contributed by atoms with Crippen LogP contribution in [0, 0.1) is 11.8 Å². The molecule has 4 bridgehead atoms. The van der Waals surface area contributed by atoms with E-state index in [-0.39, 0.29) is 35.7 Å². The van der Waals surface area contributed by atoms with Crippen LogP contribution in [0.1, 0.15) is 112 Å². The SMILES string of the molecule is COC(=O)N[C@H](C(=O)N1CCC[C@H]1c1ncc(-c2ccc(-c3cc4c(-c5ccc(-c6cnc([C@@H]7CCCN7C(=O)[C@@H](NC(=O)OC)C(C)C)[nH]6)cc5)cc3CCc3ccc(cc3)[C@H](C)C4)cc2)[nH]1)C(C)C. The molecular weight excluding hydrogens is 893 g/mol. The first-order valence-corrected chi connectivity index (χ1v) is 25.2. The lowest BCUT2D eigenvalue weighted by Gasteiger charge is -2.30. The summed E-state index contributed by atoms with van der Waals surface area (Å²) in [6.45, 7) is 11.2. The predicted molar refractivity (Wildman–Crippen MR) is 274 cm³/mol. The number of H-pyrrole nitrogens is 2. The quantitative estimate of drug-likeness (QED) is 0.0938. The second kappa shape index (κ2) is 21.0. The minimum atomic E-state index is -0.696. The minimum absolute atomic E-state index is 0.113. The van der Waals surface area contributed by atoms with E-state index in [0.29, 0.717) is 19.0 Å². The zero-order valence-corrected chi connectivity index (χ0v) is 41.9. The number of carbonyl (C=O) groups is 4. The number of carbonyl (C=O) groups excluding carboxylic acids is 4. The number of nitrogens with one attached hydrogen (secondary N) is 4. The number of hydrogen-bond acceptors (Lipinski definition) is 8. The lowest BCUT2D eigenvalue weighted by Crippen LogP contribution is -2.51. The summed E-state index contributed by atoms with van der Waals surface area (Å²) in [6, 6.07) is 29.5. The Morgan fingerprint density at radius 3 is 1.49 bits per heavy atom. The van der Waals surface area contributed by atoms with Crippen LogP contribution in [0.4, 0.5) is 9.59 Å². The summed E-state index contributed by atoms with van der Waals surface area (Å²) >= 11 is 0. The molecule has 0 saturated carbocycles. The molecule has 2 fully saturated rings. The predicted octanol–water partition coefficient (Wildman–Crippen LogP) is 10.3. The third-order valence-electron chi connectivity index (χ3n) is 14.8. The molecule has 4 aliphatic carbocycles. The van der Waals surface area contributed by atoms with Crippen LogP contribution in [0.25, 0.3) is 44.8 Å². The van der Waals surface area contributed by atoms with Crippen LogP contribution in [0.5, 0.6) is 0 Å². The second-order valence-electron chi connectivity index (χ2n) is 20.1. The maximum Gasteiger partial charge on any atom is 0.407 e. The smallest absolute Gasteiger partial charge is 0.407 e. The Balaban J connectivity index is 0.971. The molecule has 4 heterocycles. The normalized spacial score (nSPS) is 18.6. The number of amides is 4. The van der Waals surface area contributed by atoms with Gasteiger partial charge in [-0.15, -0.1) is 0 Å². The van der Waals surface area contributed by atoms with Gasteiger partial charge in [0.15, 0.2) is 0 Å². The van der Waals surface area contributed by atoms with E-state index in [2.05, 4.69) is 112 Å². The van der Waals surface area contributed by atoms with Gasteiger partial charge >= 0.3 is 12.2 Å². The Bertz CT molecular complexity index is 2870. The first kappa shape index (κ1) is 48.8. The third-order valence-corrected chi connectivity index (χ3v) is 14.8. The van der Waals surface area contributed by atoms with Gasteiger partial charge < -0.3 is 39.9 Å². The van der Waals surface area contributed by atoms with Crippen molar-refractivity contribution < 1.29 is 28.7 Å². The summed E-state index contributed by atoms with van der Waals surface area (Å²) < 4.78 is 9.63. The number of imidazole rings is 2. The minimum Gasteiger partial charge on any atom is -0.453 e. The number of aromatic amines is 2. The van der Waals surface area contributed by atoms with E-state index in [1.165, 1.54) is 47.6 Å². The van der Waals surface area contributed by atoms with E-state index in [9.17, 15) is 19.2 Å². The fraction of sp³-hybridized carbons (Fsp3) is 0.404. The van der Waals surface area contributed by atoms with Crippen LogP contribution in [-0.2, 0) is 38.3 Å². The molecule has 12 rings (SSSR count). The molecular formula is C57H66N8O6. The highest BCUT2D eigenvalue weighted by Crippen LogP contribution is 2.39. The van der Waals surface area contributed by atoms with Crippen LogP contribution in [0.3, 0.4) is 0 Å². The number of nitrogens with zero attached hydrogens (tertiary/aromatic N) is 4. The standard InChI is InChI=1S/C57H66N8O6/c1-33(2)50(62-56(68)70-6)54(66)64-26-8-10-48(64)52-58-31-46(60-52)40-22-18-38(19-23-40)44-30-43-28-35(5)37-15-12-36(13-16-37)14-17-42(44)29-45(43)39-20-24-41(25-21-39)47-32-59-53(61-47)49-11-9-27-65(49)55(67)51(34(3)4)63-57(69)71-7/h12-13,15-16,18-25,29-35,48-51H,8-11,14,17,26-28H2,1-7H3,(H,58,60)(H,59,61)(H,62,68)(H,63,69)/t35-,48+,49+,50+,51+/m1/s1. The van der Waals surface area contributed by atoms with Gasteiger partial charge in [0.05, 0.1) is 50.1 Å². The van der Waals surface area contributed by atoms with E-state index in [1.54, 1.807) is 0 Å². The van der Waals surface area contributed by atoms with E-state index >= 15 is 0 Å². The fourth-order valence-electron chi connectivity index (χ4n) is 10.7. The first-order valence-electron chi connectivity index (χ1n) is 25.2. The highest BCUT2D eigenvalue weighted by molar-refractivity contribution is 5.87. The molecule has 71 heavy (non-hydrogen) atoms. The lowest BCUT2D eigenvalue weighted by atomic mass is 9.83. The topological polar surface area (TPSA) is 175 Å². The molecule has 4 amide bonds. The van der Waals surface area contributed by atoms with Crippen molar-refractivity contribution in [1.29, 1.82) is 0 Å². The molecule has 4 N–H and O–H groups in total. The Morgan fingerprint density at radius 2 is 1.04 bits per heavy atom. The highest BCUT2D eigenvalue weighted by atomic mass is 16.5. The van der Waals surface area contributed by atoms with Crippen molar-refractivity contribution in [1.82, 2.24) is 40.4 Å². The molecule has 14 nitrogen and oxygen atoms in total. The van der Waals surface area contributed by atoms with E-state index in [1.807, 2.05) is 49.9 Å². The highest BCUT2D eigenvalue weighted by Gasteiger charge is 2.39. The van der Waals surface area contributed by atoms with Gasteiger partial charge in [-0.05, 0) is 118 Å². The molecule has 370 valence electrons. The summed E-state index contributed by atoms with van der Waals surface area (Å²) in [5, 5.41) is 5.46. The molecule has 2 saturated heterocycles. The number of benzene rings is 4. The molecule has 6 aromatic rings. The molecule has 6 aliphatic rings. The molecule has 2 aliphatic heterocycles. The summed E-state index contributed by atoms with van der Waals surface area (Å²) in [5.41, 5.74) is 13.7. The Kier molecular flexibility index (Phi) is 14.4. The van der Waals surface area contributed by atoms with Crippen molar-refractivity contribution in [3.8, 4) is 44.8 Å². The number of rotatable bonds is 12. The van der Waals surface area contributed by atoms with Crippen LogP contribution in [-0.4, -0.2) is 93.1 Å². The monoisotopic (exact) mass is 959 g/mol. The average Bonchev–Trinajstić information content (AvgIpc) is 4.24. The van der Waals surface area contributed by atoms with Crippen LogP contribution in [0.2, 0.25) is 0 Å².